The molecule has 1 aromatic carbocycles. The maximum absolute atomic E-state index is 12.0. The summed E-state index contributed by atoms with van der Waals surface area (Å²) in [7, 11) is 1.64. The molecule has 2 rings (SSSR count). The number of nitrogens with one attached hydrogen (secondary N) is 1. The van der Waals surface area contributed by atoms with Crippen LogP contribution in [0.2, 0.25) is 0 Å². The lowest BCUT2D eigenvalue weighted by Gasteiger charge is -2.12. The molecule has 6 nitrogen and oxygen atoms in total. The summed E-state index contributed by atoms with van der Waals surface area (Å²) in [4.78, 5) is 12.0. The van der Waals surface area contributed by atoms with Gasteiger partial charge in [-0.2, -0.15) is 0 Å². The molecule has 24 heavy (non-hydrogen) atoms. The molecule has 0 aliphatic carbocycles. The molecule has 0 saturated heterocycles. The van der Waals surface area contributed by atoms with Crippen LogP contribution >= 0.6 is 11.8 Å². The van der Waals surface area contributed by atoms with Crippen molar-refractivity contribution in [1.82, 2.24) is 20.1 Å². The molecule has 2 aromatic rings. The SMILES string of the molecule is CC[C@H](C)NC(=O)CSc1nnc(-c2ccccc2OC)n1CC. The lowest BCUT2D eigenvalue weighted by atomic mass is 10.2. The number of rotatable bonds is 8. The van der Waals surface area contributed by atoms with Crippen molar-refractivity contribution in [3.63, 3.8) is 0 Å². The minimum Gasteiger partial charge on any atom is -0.496 e. The highest BCUT2D eigenvalue weighted by Gasteiger charge is 2.17. The van der Waals surface area contributed by atoms with Crippen LogP contribution in [0.5, 0.6) is 5.75 Å². The van der Waals surface area contributed by atoms with Crippen molar-refractivity contribution in [2.75, 3.05) is 12.9 Å². The van der Waals surface area contributed by atoms with Crippen molar-refractivity contribution in [3.05, 3.63) is 24.3 Å². The van der Waals surface area contributed by atoms with Crippen LogP contribution < -0.4 is 10.1 Å². The zero-order valence-electron chi connectivity index (χ0n) is 14.6. The Kier molecular flexibility index (Phi) is 6.66. The van der Waals surface area contributed by atoms with E-state index in [4.69, 9.17) is 4.74 Å². The topological polar surface area (TPSA) is 69.0 Å². The van der Waals surface area contributed by atoms with E-state index in [0.717, 1.165) is 35.3 Å². The fraction of sp³-hybridized carbons (Fsp3) is 0.471. The second-order valence-electron chi connectivity index (χ2n) is 5.42. The van der Waals surface area contributed by atoms with E-state index >= 15 is 0 Å². The zero-order valence-corrected chi connectivity index (χ0v) is 15.4. The third-order valence-corrected chi connectivity index (χ3v) is 4.70. The minimum absolute atomic E-state index is 0.0128. The first-order valence-electron chi connectivity index (χ1n) is 8.09. The molecule has 1 N–H and O–H groups in total. The van der Waals surface area contributed by atoms with Crippen LogP contribution in [0.15, 0.2) is 29.4 Å². The van der Waals surface area contributed by atoms with Gasteiger partial charge in [0, 0.05) is 12.6 Å². The van der Waals surface area contributed by atoms with Gasteiger partial charge in [-0.05, 0) is 32.4 Å². The summed E-state index contributed by atoms with van der Waals surface area (Å²) >= 11 is 1.40. The van der Waals surface area contributed by atoms with Crippen LogP contribution in [-0.2, 0) is 11.3 Å². The Morgan fingerprint density at radius 2 is 2.08 bits per heavy atom. The molecule has 1 atom stereocenters. The molecular formula is C17H24N4O2S. The quantitative estimate of drug-likeness (QED) is 0.743. The van der Waals surface area contributed by atoms with Crippen LogP contribution in [0.3, 0.4) is 0 Å². The average Bonchev–Trinajstić information content (AvgIpc) is 3.02. The maximum Gasteiger partial charge on any atom is 0.230 e. The number of carbonyl (C=O) groups excluding carboxylic acids is 1. The molecular weight excluding hydrogens is 324 g/mol. The molecule has 1 heterocycles. The number of para-hydroxylation sites is 1. The Balaban J connectivity index is 2.16. The molecule has 7 heteroatoms. The number of methoxy groups -OCH3 is 1. The number of ether oxygens (including phenoxy) is 1. The number of nitrogens with zero attached hydrogens (tertiary/aromatic N) is 3. The van der Waals surface area contributed by atoms with Crippen molar-refractivity contribution in [2.24, 2.45) is 0 Å². The highest BCUT2D eigenvalue weighted by molar-refractivity contribution is 7.99. The van der Waals surface area contributed by atoms with Gasteiger partial charge < -0.3 is 14.6 Å². The number of thioether (sulfide) groups is 1. The molecule has 0 bridgehead atoms. The second kappa shape index (κ2) is 8.73. The van der Waals surface area contributed by atoms with Gasteiger partial charge in [-0.3, -0.25) is 4.79 Å². The molecule has 0 unspecified atom stereocenters. The summed E-state index contributed by atoms with van der Waals surface area (Å²) in [5, 5.41) is 12.2. The third-order valence-electron chi connectivity index (χ3n) is 3.73. The Morgan fingerprint density at radius 1 is 1.33 bits per heavy atom. The van der Waals surface area contributed by atoms with Crippen LogP contribution in [-0.4, -0.2) is 39.6 Å². The van der Waals surface area contributed by atoms with E-state index in [1.807, 2.05) is 49.6 Å². The predicted octanol–water partition coefficient (Wildman–Crippen LogP) is 2.98. The summed E-state index contributed by atoms with van der Waals surface area (Å²) in [6.45, 7) is 6.80. The van der Waals surface area contributed by atoms with Gasteiger partial charge in [-0.15, -0.1) is 10.2 Å². The van der Waals surface area contributed by atoms with E-state index in [1.54, 1.807) is 7.11 Å². The second-order valence-corrected chi connectivity index (χ2v) is 6.36. The summed E-state index contributed by atoms with van der Waals surface area (Å²) in [5.74, 6) is 1.85. The van der Waals surface area contributed by atoms with E-state index in [2.05, 4.69) is 15.5 Å². The van der Waals surface area contributed by atoms with Gasteiger partial charge in [-0.25, -0.2) is 0 Å². The summed E-state index contributed by atoms with van der Waals surface area (Å²) < 4.78 is 7.41. The molecule has 0 spiro atoms. The number of aromatic nitrogens is 3. The van der Waals surface area contributed by atoms with E-state index in [1.165, 1.54) is 11.8 Å². The fourth-order valence-electron chi connectivity index (χ4n) is 2.26. The molecule has 0 radical (unpaired) electrons. The predicted molar refractivity (Wildman–Crippen MR) is 96.3 cm³/mol. The van der Waals surface area contributed by atoms with Crippen molar-refractivity contribution >= 4 is 17.7 Å². The van der Waals surface area contributed by atoms with Crippen molar-refractivity contribution in [1.29, 1.82) is 0 Å². The van der Waals surface area contributed by atoms with Gasteiger partial charge in [-0.1, -0.05) is 30.8 Å². The summed E-state index contributed by atoms with van der Waals surface area (Å²) in [6.07, 6.45) is 0.916. The molecule has 0 aliphatic rings. The van der Waals surface area contributed by atoms with Crippen LogP contribution in [0.4, 0.5) is 0 Å². The van der Waals surface area contributed by atoms with Crippen molar-refractivity contribution < 1.29 is 9.53 Å². The maximum atomic E-state index is 12.0. The van der Waals surface area contributed by atoms with Crippen LogP contribution in [0, 0.1) is 0 Å². The lowest BCUT2D eigenvalue weighted by molar-refractivity contribution is -0.119. The van der Waals surface area contributed by atoms with Gasteiger partial charge in [0.25, 0.3) is 0 Å². The Labute approximate surface area is 147 Å². The molecule has 1 amide bonds. The Bertz CT molecular complexity index is 687. The highest BCUT2D eigenvalue weighted by Crippen LogP contribution is 2.30. The highest BCUT2D eigenvalue weighted by atomic mass is 32.2. The number of amides is 1. The standard InChI is InChI=1S/C17H24N4O2S/c1-5-12(3)18-15(22)11-24-17-20-19-16(21(17)6-2)13-9-7-8-10-14(13)23-4/h7-10,12H,5-6,11H2,1-4H3,(H,18,22)/t12-/m0/s1. The number of benzene rings is 1. The first-order valence-corrected chi connectivity index (χ1v) is 9.07. The van der Waals surface area contributed by atoms with Gasteiger partial charge >= 0.3 is 0 Å². The monoisotopic (exact) mass is 348 g/mol. The molecule has 0 aliphatic heterocycles. The first kappa shape index (κ1) is 18.3. The zero-order chi connectivity index (χ0) is 17.5. The summed E-state index contributed by atoms with van der Waals surface area (Å²) in [5.41, 5.74) is 0.894. The van der Waals surface area contributed by atoms with Crippen LogP contribution in [0.25, 0.3) is 11.4 Å². The van der Waals surface area contributed by atoms with Crippen molar-refractivity contribution in [3.8, 4) is 17.1 Å². The van der Waals surface area contributed by atoms with Gasteiger partial charge in [0.1, 0.15) is 5.75 Å². The first-order chi connectivity index (χ1) is 11.6. The third kappa shape index (κ3) is 4.29. The minimum atomic E-state index is 0.0128. The number of hydrogen-bond donors (Lipinski definition) is 1. The Hall–Kier alpha value is -2.02. The van der Waals surface area contributed by atoms with E-state index in [-0.39, 0.29) is 11.9 Å². The fourth-order valence-corrected chi connectivity index (χ4v) is 3.07. The van der Waals surface area contributed by atoms with Crippen LogP contribution in [0.1, 0.15) is 27.2 Å². The molecule has 0 saturated carbocycles. The number of hydrogen-bond acceptors (Lipinski definition) is 5. The summed E-state index contributed by atoms with van der Waals surface area (Å²) in [6, 6.07) is 7.91. The lowest BCUT2D eigenvalue weighted by Crippen LogP contribution is -2.33. The molecule has 1 aromatic heterocycles. The van der Waals surface area contributed by atoms with E-state index < -0.39 is 0 Å². The largest absolute Gasteiger partial charge is 0.496 e. The molecule has 0 fully saturated rings. The molecule has 130 valence electrons. The van der Waals surface area contributed by atoms with Crippen molar-refractivity contribution in [2.45, 2.75) is 44.9 Å². The smallest absolute Gasteiger partial charge is 0.230 e. The normalized spacial score (nSPS) is 12.0. The van der Waals surface area contributed by atoms with Gasteiger partial charge in [0.05, 0.1) is 18.4 Å². The average molecular weight is 348 g/mol. The van der Waals surface area contributed by atoms with Gasteiger partial charge in [0.2, 0.25) is 5.91 Å². The van der Waals surface area contributed by atoms with Gasteiger partial charge in [0.15, 0.2) is 11.0 Å². The number of carbonyl (C=O) groups is 1. The van der Waals surface area contributed by atoms with E-state index in [0.29, 0.717) is 5.75 Å². The van der Waals surface area contributed by atoms with E-state index in [9.17, 15) is 4.79 Å². The Morgan fingerprint density at radius 3 is 2.75 bits per heavy atom.